The molecule has 1 aromatic heterocycles. The van der Waals surface area contributed by atoms with Crippen molar-refractivity contribution >= 4 is 5.97 Å². The van der Waals surface area contributed by atoms with Gasteiger partial charge in [-0.25, -0.2) is 4.79 Å². The van der Waals surface area contributed by atoms with Crippen molar-refractivity contribution in [1.29, 1.82) is 0 Å². The van der Waals surface area contributed by atoms with Crippen molar-refractivity contribution in [2.75, 3.05) is 7.11 Å². The van der Waals surface area contributed by atoms with E-state index in [1.54, 1.807) is 36.2 Å². The third-order valence-electron chi connectivity index (χ3n) is 2.70. The first kappa shape index (κ1) is 12.3. The third kappa shape index (κ3) is 2.26. The summed E-state index contributed by atoms with van der Waals surface area (Å²) in [4.78, 5) is 11.0. The number of aryl methyl sites for hydroxylation is 1. The van der Waals surface area contributed by atoms with Crippen LogP contribution >= 0.6 is 0 Å². The second kappa shape index (κ2) is 5.01. The summed E-state index contributed by atoms with van der Waals surface area (Å²) in [7, 11) is 3.44. The van der Waals surface area contributed by atoms with Crippen molar-refractivity contribution in [2.24, 2.45) is 7.05 Å². The number of aromatic carboxylic acids is 1. The van der Waals surface area contributed by atoms with E-state index in [0.29, 0.717) is 6.61 Å². The quantitative estimate of drug-likeness (QED) is 0.895. The van der Waals surface area contributed by atoms with Crippen LogP contribution in [0.25, 0.3) is 11.3 Å². The van der Waals surface area contributed by atoms with Crippen LogP contribution in [0.4, 0.5) is 0 Å². The van der Waals surface area contributed by atoms with Gasteiger partial charge in [-0.1, -0.05) is 12.1 Å². The number of rotatable bonds is 4. The molecule has 0 spiro atoms. The van der Waals surface area contributed by atoms with Gasteiger partial charge in [0.2, 0.25) is 0 Å². The minimum atomic E-state index is -0.938. The van der Waals surface area contributed by atoms with Gasteiger partial charge in [-0.05, 0) is 12.1 Å². The molecule has 0 fully saturated rings. The van der Waals surface area contributed by atoms with E-state index < -0.39 is 5.97 Å². The molecular formula is C13H14N2O3. The number of nitrogens with zero attached hydrogens (tertiary/aromatic N) is 2. The molecule has 0 bridgehead atoms. The van der Waals surface area contributed by atoms with Gasteiger partial charge in [0, 0.05) is 25.3 Å². The van der Waals surface area contributed by atoms with Crippen LogP contribution in [-0.2, 0) is 18.4 Å². The molecule has 0 atom stereocenters. The van der Waals surface area contributed by atoms with Crippen molar-refractivity contribution in [1.82, 2.24) is 9.78 Å². The Balaban J connectivity index is 2.51. The Hall–Kier alpha value is -2.14. The second-order valence-electron chi connectivity index (χ2n) is 3.96. The maximum Gasteiger partial charge on any atom is 0.335 e. The molecule has 18 heavy (non-hydrogen) atoms. The number of ether oxygens (including phenoxy) is 1. The van der Waals surface area contributed by atoms with E-state index in [1.807, 2.05) is 13.1 Å². The zero-order valence-electron chi connectivity index (χ0n) is 10.3. The van der Waals surface area contributed by atoms with E-state index in [4.69, 9.17) is 9.84 Å². The summed E-state index contributed by atoms with van der Waals surface area (Å²) in [5, 5.41) is 13.2. The molecule has 0 aliphatic heterocycles. The normalized spacial score (nSPS) is 10.6. The highest BCUT2D eigenvalue weighted by Crippen LogP contribution is 2.24. The predicted octanol–water partition coefficient (Wildman–Crippen LogP) is 1.93. The smallest absolute Gasteiger partial charge is 0.335 e. The lowest BCUT2D eigenvalue weighted by Crippen LogP contribution is -2.00. The Kier molecular flexibility index (Phi) is 3.43. The minimum absolute atomic E-state index is 0.261. The summed E-state index contributed by atoms with van der Waals surface area (Å²) in [6, 6.07) is 6.79. The number of aromatic nitrogens is 2. The maximum absolute atomic E-state index is 11.0. The maximum atomic E-state index is 11.0. The standard InChI is InChI=1S/C13H14N2O3/c1-15-12(11(7-14-15)8-18-2)9-4-3-5-10(6-9)13(16)17/h3-7H,8H2,1-2H3,(H,16,17). The first-order valence-electron chi connectivity index (χ1n) is 5.47. The van der Waals surface area contributed by atoms with Gasteiger partial charge in [0.05, 0.1) is 24.1 Å². The molecule has 2 aromatic rings. The molecule has 1 heterocycles. The first-order chi connectivity index (χ1) is 8.63. The number of carboxylic acids is 1. The lowest BCUT2D eigenvalue weighted by molar-refractivity contribution is 0.0697. The largest absolute Gasteiger partial charge is 0.478 e. The van der Waals surface area contributed by atoms with Crippen LogP contribution in [0.1, 0.15) is 15.9 Å². The van der Waals surface area contributed by atoms with Crippen molar-refractivity contribution in [2.45, 2.75) is 6.61 Å². The number of carbonyl (C=O) groups is 1. The van der Waals surface area contributed by atoms with E-state index in [-0.39, 0.29) is 5.56 Å². The molecule has 1 N–H and O–H groups in total. The molecule has 5 heteroatoms. The highest BCUT2D eigenvalue weighted by molar-refractivity contribution is 5.89. The molecule has 94 valence electrons. The fraction of sp³-hybridized carbons (Fsp3) is 0.231. The second-order valence-corrected chi connectivity index (χ2v) is 3.96. The van der Waals surface area contributed by atoms with Crippen LogP contribution in [0.15, 0.2) is 30.5 Å². The van der Waals surface area contributed by atoms with Crippen LogP contribution in [0, 0.1) is 0 Å². The number of hydrogen-bond donors (Lipinski definition) is 1. The SMILES string of the molecule is COCc1cnn(C)c1-c1cccc(C(=O)O)c1. The first-order valence-corrected chi connectivity index (χ1v) is 5.47. The van der Waals surface area contributed by atoms with Crippen LogP contribution in [0.2, 0.25) is 0 Å². The molecule has 5 nitrogen and oxygen atoms in total. The van der Waals surface area contributed by atoms with E-state index in [9.17, 15) is 4.79 Å². The fourth-order valence-corrected chi connectivity index (χ4v) is 1.92. The summed E-state index contributed by atoms with van der Waals surface area (Å²) in [6.45, 7) is 0.445. The number of benzene rings is 1. The van der Waals surface area contributed by atoms with Crippen LogP contribution in [0.5, 0.6) is 0 Å². The van der Waals surface area contributed by atoms with Crippen molar-refractivity contribution in [3.8, 4) is 11.3 Å². The third-order valence-corrected chi connectivity index (χ3v) is 2.70. The summed E-state index contributed by atoms with van der Waals surface area (Å²) in [5.74, 6) is -0.938. The molecule has 0 amide bonds. The van der Waals surface area contributed by atoms with E-state index in [1.165, 1.54) is 0 Å². The predicted molar refractivity (Wildman–Crippen MR) is 66.3 cm³/mol. The summed E-state index contributed by atoms with van der Waals surface area (Å²) in [6.07, 6.45) is 1.73. The van der Waals surface area contributed by atoms with Gasteiger partial charge in [0.25, 0.3) is 0 Å². The molecule has 0 saturated heterocycles. The molecule has 1 aromatic carbocycles. The Morgan fingerprint density at radius 1 is 1.50 bits per heavy atom. The monoisotopic (exact) mass is 246 g/mol. The molecule has 0 aliphatic rings. The minimum Gasteiger partial charge on any atom is -0.478 e. The van der Waals surface area contributed by atoms with Crippen molar-refractivity contribution in [3.05, 3.63) is 41.6 Å². The van der Waals surface area contributed by atoms with Gasteiger partial charge in [0.1, 0.15) is 0 Å². The molecule has 0 aliphatic carbocycles. The summed E-state index contributed by atoms with van der Waals surface area (Å²) in [5.41, 5.74) is 2.89. The van der Waals surface area contributed by atoms with Crippen LogP contribution in [-0.4, -0.2) is 28.0 Å². The molecule has 2 rings (SSSR count). The van der Waals surface area contributed by atoms with E-state index >= 15 is 0 Å². The number of methoxy groups -OCH3 is 1. The zero-order valence-corrected chi connectivity index (χ0v) is 10.3. The highest BCUT2D eigenvalue weighted by atomic mass is 16.5. The van der Waals surface area contributed by atoms with Crippen molar-refractivity contribution < 1.29 is 14.6 Å². The average molecular weight is 246 g/mol. The highest BCUT2D eigenvalue weighted by Gasteiger charge is 2.12. The average Bonchev–Trinajstić information content (AvgIpc) is 2.71. The number of carboxylic acid groups (broad SMARTS) is 1. The molecule has 0 unspecified atom stereocenters. The van der Waals surface area contributed by atoms with Gasteiger partial charge in [-0.15, -0.1) is 0 Å². The Morgan fingerprint density at radius 3 is 2.94 bits per heavy atom. The van der Waals surface area contributed by atoms with Crippen molar-refractivity contribution in [3.63, 3.8) is 0 Å². The Bertz CT molecular complexity index is 575. The zero-order chi connectivity index (χ0) is 13.1. The van der Waals surface area contributed by atoms with Gasteiger partial charge in [-0.2, -0.15) is 5.10 Å². The molecular weight excluding hydrogens is 232 g/mol. The molecule has 0 radical (unpaired) electrons. The molecule has 0 saturated carbocycles. The lowest BCUT2D eigenvalue weighted by Gasteiger charge is -2.07. The lowest BCUT2D eigenvalue weighted by atomic mass is 10.1. The van der Waals surface area contributed by atoms with Gasteiger partial charge < -0.3 is 9.84 Å². The summed E-state index contributed by atoms with van der Waals surface area (Å²) >= 11 is 0. The van der Waals surface area contributed by atoms with E-state index in [2.05, 4.69) is 5.10 Å². The van der Waals surface area contributed by atoms with Gasteiger partial charge >= 0.3 is 5.97 Å². The Labute approximate surface area is 105 Å². The topological polar surface area (TPSA) is 64.4 Å². The van der Waals surface area contributed by atoms with E-state index in [0.717, 1.165) is 16.8 Å². The van der Waals surface area contributed by atoms with Crippen LogP contribution in [0.3, 0.4) is 0 Å². The number of hydrogen-bond acceptors (Lipinski definition) is 3. The van der Waals surface area contributed by atoms with Crippen LogP contribution < -0.4 is 0 Å². The van der Waals surface area contributed by atoms with Gasteiger partial charge in [-0.3, -0.25) is 4.68 Å². The summed E-state index contributed by atoms with van der Waals surface area (Å²) < 4.78 is 6.83. The fourth-order valence-electron chi connectivity index (χ4n) is 1.92. The van der Waals surface area contributed by atoms with Gasteiger partial charge in [0.15, 0.2) is 0 Å². The Morgan fingerprint density at radius 2 is 2.28 bits per heavy atom.